The number of aromatic carboxylic acids is 1. The Kier molecular flexibility index (Phi) is 6.26. The van der Waals surface area contributed by atoms with E-state index in [1.165, 1.54) is 24.3 Å². The maximum Gasteiger partial charge on any atom is 0.337 e. The van der Waals surface area contributed by atoms with Crippen molar-refractivity contribution in [2.24, 2.45) is 0 Å². The summed E-state index contributed by atoms with van der Waals surface area (Å²) >= 11 is 0. The molecule has 2 aromatic carbocycles. The summed E-state index contributed by atoms with van der Waals surface area (Å²) in [6.45, 7) is 6.46. The van der Waals surface area contributed by atoms with Crippen LogP contribution in [0.25, 0.3) is 0 Å². The monoisotopic (exact) mass is 385 g/mol. The third kappa shape index (κ3) is 4.48. The topological polar surface area (TPSA) is 72.9 Å². The SMILES string of the molecule is CCCN1CCN(c2ccc(NC(=O)c3ccccc3F)cc2C(=O)O)CC1. The highest BCUT2D eigenvalue weighted by atomic mass is 19.1. The zero-order valence-corrected chi connectivity index (χ0v) is 15.8. The van der Waals surface area contributed by atoms with Crippen LogP contribution in [0.5, 0.6) is 0 Å². The van der Waals surface area contributed by atoms with Crippen molar-refractivity contribution in [3.8, 4) is 0 Å². The molecule has 7 heteroatoms. The van der Waals surface area contributed by atoms with Crippen molar-refractivity contribution in [1.82, 2.24) is 4.90 Å². The number of carboxylic acid groups (broad SMARTS) is 1. The van der Waals surface area contributed by atoms with Crippen LogP contribution in [-0.4, -0.2) is 54.6 Å². The number of carbonyl (C=O) groups excluding carboxylic acids is 1. The largest absolute Gasteiger partial charge is 0.478 e. The molecular formula is C21H24FN3O3. The second-order valence-corrected chi connectivity index (χ2v) is 6.80. The first kappa shape index (κ1) is 19.8. The fraction of sp³-hybridized carbons (Fsp3) is 0.333. The van der Waals surface area contributed by atoms with Crippen LogP contribution < -0.4 is 10.2 Å². The number of hydrogen-bond donors (Lipinski definition) is 2. The lowest BCUT2D eigenvalue weighted by Crippen LogP contribution is -2.47. The van der Waals surface area contributed by atoms with Gasteiger partial charge in [0.25, 0.3) is 5.91 Å². The molecule has 28 heavy (non-hydrogen) atoms. The Morgan fingerprint density at radius 1 is 1.07 bits per heavy atom. The van der Waals surface area contributed by atoms with Gasteiger partial charge in [0, 0.05) is 31.9 Å². The Labute approximate surface area is 163 Å². The van der Waals surface area contributed by atoms with Crippen LogP contribution in [0.15, 0.2) is 42.5 Å². The van der Waals surface area contributed by atoms with Gasteiger partial charge >= 0.3 is 5.97 Å². The number of rotatable bonds is 6. The van der Waals surface area contributed by atoms with E-state index in [2.05, 4.69) is 22.0 Å². The molecule has 6 nitrogen and oxygen atoms in total. The third-order valence-electron chi connectivity index (χ3n) is 4.86. The summed E-state index contributed by atoms with van der Waals surface area (Å²) in [4.78, 5) is 28.5. The van der Waals surface area contributed by atoms with Crippen molar-refractivity contribution in [1.29, 1.82) is 0 Å². The van der Waals surface area contributed by atoms with Gasteiger partial charge in [-0.1, -0.05) is 19.1 Å². The fourth-order valence-electron chi connectivity index (χ4n) is 3.43. The molecule has 3 rings (SSSR count). The highest BCUT2D eigenvalue weighted by Crippen LogP contribution is 2.26. The number of carbonyl (C=O) groups is 2. The van der Waals surface area contributed by atoms with E-state index in [0.717, 1.165) is 39.1 Å². The molecular weight excluding hydrogens is 361 g/mol. The average Bonchev–Trinajstić information content (AvgIpc) is 2.69. The summed E-state index contributed by atoms with van der Waals surface area (Å²) in [7, 11) is 0. The van der Waals surface area contributed by atoms with Crippen molar-refractivity contribution in [2.75, 3.05) is 42.9 Å². The van der Waals surface area contributed by atoms with E-state index in [-0.39, 0.29) is 11.1 Å². The summed E-state index contributed by atoms with van der Waals surface area (Å²) in [6.07, 6.45) is 1.09. The van der Waals surface area contributed by atoms with Gasteiger partial charge in [-0.25, -0.2) is 9.18 Å². The quantitative estimate of drug-likeness (QED) is 0.798. The second-order valence-electron chi connectivity index (χ2n) is 6.80. The van der Waals surface area contributed by atoms with Crippen molar-refractivity contribution < 1.29 is 19.1 Å². The normalized spacial score (nSPS) is 14.7. The molecule has 0 bridgehead atoms. The van der Waals surface area contributed by atoms with Crippen molar-refractivity contribution >= 4 is 23.3 Å². The summed E-state index contributed by atoms with van der Waals surface area (Å²) in [5.74, 6) is -2.30. The number of carboxylic acids is 1. The zero-order valence-electron chi connectivity index (χ0n) is 15.8. The molecule has 1 aliphatic rings. The van der Waals surface area contributed by atoms with Gasteiger partial charge < -0.3 is 15.3 Å². The molecule has 0 aromatic heterocycles. The van der Waals surface area contributed by atoms with Gasteiger partial charge in [-0.3, -0.25) is 9.69 Å². The molecule has 1 saturated heterocycles. The maximum atomic E-state index is 13.8. The Bertz CT molecular complexity index is 864. The minimum Gasteiger partial charge on any atom is -0.478 e. The number of amides is 1. The molecule has 148 valence electrons. The molecule has 1 aliphatic heterocycles. The molecule has 1 fully saturated rings. The molecule has 0 saturated carbocycles. The van der Waals surface area contributed by atoms with Crippen molar-refractivity contribution in [2.45, 2.75) is 13.3 Å². The number of halogens is 1. The van der Waals surface area contributed by atoms with E-state index in [4.69, 9.17) is 0 Å². The smallest absolute Gasteiger partial charge is 0.337 e. The number of anilines is 2. The summed E-state index contributed by atoms with van der Waals surface area (Å²) in [5.41, 5.74) is 0.984. The Morgan fingerprint density at radius 2 is 1.79 bits per heavy atom. The van der Waals surface area contributed by atoms with Gasteiger partial charge in [0.1, 0.15) is 5.82 Å². The first-order valence-electron chi connectivity index (χ1n) is 9.40. The number of piperazine rings is 1. The average molecular weight is 385 g/mol. The van der Waals surface area contributed by atoms with Crippen LogP contribution in [0, 0.1) is 5.82 Å². The molecule has 2 N–H and O–H groups in total. The predicted molar refractivity (Wildman–Crippen MR) is 107 cm³/mol. The lowest BCUT2D eigenvalue weighted by Gasteiger charge is -2.36. The van der Waals surface area contributed by atoms with E-state index < -0.39 is 17.7 Å². The second kappa shape index (κ2) is 8.84. The Hall–Kier alpha value is -2.93. The third-order valence-corrected chi connectivity index (χ3v) is 4.86. The van der Waals surface area contributed by atoms with Gasteiger partial charge in [-0.2, -0.15) is 0 Å². The van der Waals surface area contributed by atoms with Crippen LogP contribution in [-0.2, 0) is 0 Å². The number of benzene rings is 2. The standard InChI is InChI=1S/C21H24FN3O3/c1-2-9-24-10-12-25(13-11-24)19-8-7-15(14-17(19)21(27)28)23-20(26)16-5-3-4-6-18(16)22/h3-8,14H,2,9-13H2,1H3,(H,23,26)(H,27,28). The lowest BCUT2D eigenvalue weighted by atomic mass is 10.1. The highest BCUT2D eigenvalue weighted by molar-refractivity contribution is 6.05. The summed E-state index contributed by atoms with van der Waals surface area (Å²) in [6, 6.07) is 10.4. The van der Waals surface area contributed by atoms with Gasteiger partial charge in [0.05, 0.1) is 16.8 Å². The van der Waals surface area contributed by atoms with Crippen LogP contribution >= 0.6 is 0 Å². The van der Waals surface area contributed by atoms with Gasteiger partial charge in [-0.15, -0.1) is 0 Å². The van der Waals surface area contributed by atoms with Crippen LogP contribution in [0.4, 0.5) is 15.8 Å². The molecule has 0 unspecified atom stereocenters. The van der Waals surface area contributed by atoms with Gasteiger partial charge in [0.15, 0.2) is 0 Å². The summed E-state index contributed by atoms with van der Waals surface area (Å²) in [5, 5.41) is 12.2. The molecule has 2 aromatic rings. The Balaban J connectivity index is 1.77. The van der Waals surface area contributed by atoms with Gasteiger partial charge in [-0.05, 0) is 43.3 Å². The summed E-state index contributed by atoms with van der Waals surface area (Å²) < 4.78 is 13.8. The van der Waals surface area contributed by atoms with Crippen LogP contribution in [0.2, 0.25) is 0 Å². The highest BCUT2D eigenvalue weighted by Gasteiger charge is 2.22. The lowest BCUT2D eigenvalue weighted by molar-refractivity contribution is 0.0697. The molecule has 0 aliphatic carbocycles. The molecule has 0 spiro atoms. The van der Waals surface area contributed by atoms with E-state index in [0.29, 0.717) is 11.4 Å². The van der Waals surface area contributed by atoms with Crippen molar-refractivity contribution in [3.05, 3.63) is 59.4 Å². The molecule has 0 atom stereocenters. The van der Waals surface area contributed by atoms with E-state index in [1.54, 1.807) is 18.2 Å². The minimum atomic E-state index is -1.06. The van der Waals surface area contributed by atoms with E-state index >= 15 is 0 Å². The minimum absolute atomic E-state index is 0.0875. The predicted octanol–water partition coefficient (Wildman–Crippen LogP) is 3.31. The van der Waals surface area contributed by atoms with Gasteiger partial charge in [0.2, 0.25) is 0 Å². The number of hydrogen-bond acceptors (Lipinski definition) is 4. The van der Waals surface area contributed by atoms with Crippen molar-refractivity contribution in [3.63, 3.8) is 0 Å². The zero-order chi connectivity index (χ0) is 20.1. The molecule has 1 amide bonds. The van der Waals surface area contributed by atoms with E-state index in [9.17, 15) is 19.1 Å². The van der Waals surface area contributed by atoms with E-state index in [1.807, 2.05) is 0 Å². The van der Waals surface area contributed by atoms with Crippen LogP contribution in [0.3, 0.4) is 0 Å². The molecule has 1 heterocycles. The Morgan fingerprint density at radius 3 is 2.43 bits per heavy atom. The van der Waals surface area contributed by atoms with Crippen LogP contribution in [0.1, 0.15) is 34.1 Å². The first-order valence-corrected chi connectivity index (χ1v) is 9.40. The number of nitrogens with one attached hydrogen (secondary N) is 1. The first-order chi connectivity index (χ1) is 13.5. The molecule has 0 radical (unpaired) electrons. The maximum absolute atomic E-state index is 13.8. The fourth-order valence-corrected chi connectivity index (χ4v) is 3.43. The number of nitrogens with zero attached hydrogens (tertiary/aromatic N) is 2.